The second-order valence-corrected chi connectivity index (χ2v) is 4.10. The minimum absolute atomic E-state index is 0.0666. The van der Waals surface area contributed by atoms with Crippen molar-refractivity contribution in [2.75, 3.05) is 26.3 Å². The van der Waals surface area contributed by atoms with Gasteiger partial charge in [-0.05, 0) is 19.4 Å². The third-order valence-corrected chi connectivity index (χ3v) is 3.18. The van der Waals surface area contributed by atoms with E-state index in [1.165, 1.54) is 0 Å². The van der Waals surface area contributed by atoms with Crippen molar-refractivity contribution in [2.24, 2.45) is 5.41 Å². The van der Waals surface area contributed by atoms with E-state index in [0.29, 0.717) is 6.54 Å². The van der Waals surface area contributed by atoms with Crippen LogP contribution in [0.1, 0.15) is 19.8 Å². The molecule has 4 N–H and O–H groups in total. The van der Waals surface area contributed by atoms with Gasteiger partial charge in [0.1, 0.15) is 0 Å². The van der Waals surface area contributed by atoms with E-state index < -0.39 is 6.04 Å². The summed E-state index contributed by atoms with van der Waals surface area (Å²) < 4.78 is 0. The maximum atomic E-state index is 12.0. The van der Waals surface area contributed by atoms with Crippen LogP contribution in [0.3, 0.4) is 0 Å². The number of amides is 1. The number of hydrogen-bond acceptors (Lipinski definition) is 4. The van der Waals surface area contributed by atoms with E-state index >= 15 is 0 Å². The van der Waals surface area contributed by atoms with Gasteiger partial charge in [0.05, 0.1) is 24.7 Å². The first-order valence-corrected chi connectivity index (χ1v) is 5.42. The monoisotopic (exact) mass is 216 g/mol. The molecule has 5 nitrogen and oxygen atoms in total. The van der Waals surface area contributed by atoms with E-state index in [4.69, 9.17) is 10.2 Å². The van der Waals surface area contributed by atoms with Crippen molar-refractivity contribution >= 4 is 5.91 Å². The van der Waals surface area contributed by atoms with Crippen molar-refractivity contribution in [3.05, 3.63) is 0 Å². The Morgan fingerprint density at radius 3 is 2.60 bits per heavy atom. The molecular weight excluding hydrogens is 196 g/mol. The normalized spacial score (nSPS) is 25.9. The van der Waals surface area contributed by atoms with E-state index in [-0.39, 0.29) is 24.5 Å². The van der Waals surface area contributed by atoms with Gasteiger partial charge in [0, 0.05) is 6.54 Å². The Bertz CT molecular complexity index is 211. The van der Waals surface area contributed by atoms with Crippen molar-refractivity contribution < 1.29 is 15.0 Å². The van der Waals surface area contributed by atoms with Gasteiger partial charge in [0.15, 0.2) is 0 Å². The minimum atomic E-state index is -0.540. The summed E-state index contributed by atoms with van der Waals surface area (Å²) in [6.45, 7) is 3.06. The zero-order valence-electron chi connectivity index (χ0n) is 9.12. The molecule has 1 saturated heterocycles. The largest absolute Gasteiger partial charge is 0.394 e. The molecular formula is C10H20N2O3. The molecule has 0 aromatic rings. The highest BCUT2D eigenvalue weighted by Crippen LogP contribution is 2.29. The molecule has 1 amide bonds. The first kappa shape index (κ1) is 12.4. The van der Waals surface area contributed by atoms with Crippen LogP contribution in [-0.4, -0.2) is 48.5 Å². The summed E-state index contributed by atoms with van der Waals surface area (Å²) in [6.07, 6.45) is 1.59. The predicted octanol–water partition coefficient (Wildman–Crippen LogP) is -1.15. The molecule has 88 valence electrons. The van der Waals surface area contributed by atoms with E-state index in [1.54, 1.807) is 0 Å². The van der Waals surface area contributed by atoms with Crippen LogP contribution < -0.4 is 10.6 Å². The molecule has 0 aromatic heterocycles. The number of nitrogens with one attached hydrogen (secondary N) is 2. The topological polar surface area (TPSA) is 81.6 Å². The molecule has 1 unspecified atom stereocenters. The maximum Gasteiger partial charge on any atom is 0.227 e. The van der Waals surface area contributed by atoms with Crippen LogP contribution in [0, 0.1) is 5.41 Å². The number of rotatable bonds is 5. The van der Waals surface area contributed by atoms with Gasteiger partial charge in [0.2, 0.25) is 5.91 Å². The molecule has 0 saturated carbocycles. The number of aliphatic hydroxyl groups is 2. The zero-order valence-corrected chi connectivity index (χ0v) is 9.12. The van der Waals surface area contributed by atoms with Crippen LogP contribution in [0.15, 0.2) is 0 Å². The highest BCUT2D eigenvalue weighted by molar-refractivity contribution is 5.83. The van der Waals surface area contributed by atoms with Crippen LogP contribution in [0.5, 0.6) is 0 Å². The lowest BCUT2D eigenvalue weighted by molar-refractivity contribution is -0.131. The van der Waals surface area contributed by atoms with Crippen LogP contribution in [0.4, 0.5) is 0 Å². The molecule has 0 aromatic carbocycles. The molecule has 5 heteroatoms. The summed E-state index contributed by atoms with van der Waals surface area (Å²) >= 11 is 0. The molecule has 0 aliphatic carbocycles. The summed E-state index contributed by atoms with van der Waals surface area (Å²) in [5.74, 6) is -0.0666. The number of aliphatic hydroxyl groups excluding tert-OH is 2. The average molecular weight is 216 g/mol. The lowest BCUT2D eigenvalue weighted by atomic mass is 9.83. The lowest BCUT2D eigenvalue weighted by Gasteiger charge is -2.27. The highest BCUT2D eigenvalue weighted by atomic mass is 16.3. The third kappa shape index (κ3) is 2.68. The molecule has 1 rings (SSSR count). The third-order valence-electron chi connectivity index (χ3n) is 3.18. The fourth-order valence-electron chi connectivity index (χ4n) is 1.89. The van der Waals surface area contributed by atoms with E-state index in [0.717, 1.165) is 19.4 Å². The van der Waals surface area contributed by atoms with E-state index in [2.05, 4.69) is 10.6 Å². The summed E-state index contributed by atoms with van der Waals surface area (Å²) in [4.78, 5) is 12.0. The summed E-state index contributed by atoms with van der Waals surface area (Å²) in [5, 5.41) is 23.6. The van der Waals surface area contributed by atoms with Crippen LogP contribution >= 0.6 is 0 Å². The maximum absolute atomic E-state index is 12.0. The van der Waals surface area contributed by atoms with Crippen molar-refractivity contribution in [2.45, 2.75) is 25.8 Å². The smallest absolute Gasteiger partial charge is 0.227 e. The van der Waals surface area contributed by atoms with Gasteiger partial charge in [-0.1, -0.05) is 6.92 Å². The Kier molecular flexibility index (Phi) is 4.50. The average Bonchev–Trinajstić information content (AvgIpc) is 2.75. The minimum Gasteiger partial charge on any atom is -0.394 e. The Labute approximate surface area is 89.9 Å². The SMILES string of the molecule is CCC1(C(=O)NC(CO)CO)CCNC1. The van der Waals surface area contributed by atoms with Crippen LogP contribution in [0.25, 0.3) is 0 Å². The second-order valence-electron chi connectivity index (χ2n) is 4.10. The molecule has 0 radical (unpaired) electrons. The second kappa shape index (κ2) is 5.44. The van der Waals surface area contributed by atoms with Crippen molar-refractivity contribution in [1.82, 2.24) is 10.6 Å². The zero-order chi connectivity index (χ0) is 11.3. The Morgan fingerprint density at radius 2 is 2.20 bits per heavy atom. The Hall–Kier alpha value is -0.650. The highest BCUT2D eigenvalue weighted by Gasteiger charge is 2.39. The van der Waals surface area contributed by atoms with Gasteiger partial charge < -0.3 is 20.8 Å². The molecule has 0 spiro atoms. The van der Waals surface area contributed by atoms with Gasteiger partial charge >= 0.3 is 0 Å². The van der Waals surface area contributed by atoms with Gasteiger partial charge in [0.25, 0.3) is 0 Å². The molecule has 1 fully saturated rings. The fourth-order valence-corrected chi connectivity index (χ4v) is 1.89. The predicted molar refractivity (Wildman–Crippen MR) is 56.3 cm³/mol. The molecule has 0 bridgehead atoms. The summed E-state index contributed by atoms with van der Waals surface area (Å²) in [5.41, 5.74) is -0.359. The van der Waals surface area contributed by atoms with Gasteiger partial charge in [-0.2, -0.15) is 0 Å². The first-order chi connectivity index (χ1) is 7.18. The van der Waals surface area contributed by atoms with Crippen LogP contribution in [0.2, 0.25) is 0 Å². The van der Waals surface area contributed by atoms with E-state index in [9.17, 15) is 4.79 Å². The van der Waals surface area contributed by atoms with Gasteiger partial charge in [-0.3, -0.25) is 4.79 Å². The quantitative estimate of drug-likeness (QED) is 0.467. The number of hydrogen-bond donors (Lipinski definition) is 4. The van der Waals surface area contributed by atoms with Crippen molar-refractivity contribution in [3.8, 4) is 0 Å². The molecule has 1 aliphatic heterocycles. The molecule has 15 heavy (non-hydrogen) atoms. The Balaban J connectivity index is 2.57. The summed E-state index contributed by atoms with van der Waals surface area (Å²) in [6, 6.07) is -0.540. The molecule has 1 heterocycles. The van der Waals surface area contributed by atoms with Gasteiger partial charge in [-0.15, -0.1) is 0 Å². The molecule has 1 aliphatic rings. The number of carbonyl (C=O) groups is 1. The van der Waals surface area contributed by atoms with Gasteiger partial charge in [-0.25, -0.2) is 0 Å². The fraction of sp³-hybridized carbons (Fsp3) is 0.900. The number of carbonyl (C=O) groups excluding carboxylic acids is 1. The standard InChI is InChI=1S/C10H20N2O3/c1-2-10(3-4-11-7-10)9(15)12-8(5-13)6-14/h8,11,13-14H,2-7H2,1H3,(H,12,15). The first-order valence-electron chi connectivity index (χ1n) is 5.42. The van der Waals surface area contributed by atoms with Crippen molar-refractivity contribution in [3.63, 3.8) is 0 Å². The Morgan fingerprint density at radius 1 is 1.53 bits per heavy atom. The summed E-state index contributed by atoms with van der Waals surface area (Å²) in [7, 11) is 0. The lowest BCUT2D eigenvalue weighted by Crippen LogP contribution is -2.49. The molecule has 1 atom stereocenters. The van der Waals surface area contributed by atoms with Crippen LogP contribution in [-0.2, 0) is 4.79 Å². The van der Waals surface area contributed by atoms with E-state index in [1.807, 2.05) is 6.92 Å². The van der Waals surface area contributed by atoms with Crippen molar-refractivity contribution in [1.29, 1.82) is 0 Å².